The van der Waals surface area contributed by atoms with Gasteiger partial charge in [-0.05, 0) is 57.0 Å². The van der Waals surface area contributed by atoms with Crippen LogP contribution in [0.25, 0.3) is 16.6 Å². The first kappa shape index (κ1) is 22.0. The first-order valence-electron chi connectivity index (χ1n) is 10.2. The average Bonchev–Trinajstić information content (AvgIpc) is 3.19. The highest BCUT2D eigenvalue weighted by molar-refractivity contribution is 5.85. The van der Waals surface area contributed by atoms with Crippen molar-refractivity contribution in [3.63, 3.8) is 0 Å². The Balaban J connectivity index is 0.00000132. The molecule has 7 heteroatoms. The molecule has 31 heavy (non-hydrogen) atoms. The van der Waals surface area contributed by atoms with E-state index in [-0.39, 0.29) is 12.0 Å². The molecule has 1 aromatic carbocycles. The van der Waals surface area contributed by atoms with E-state index in [4.69, 9.17) is 9.47 Å². The van der Waals surface area contributed by atoms with Gasteiger partial charge in [0.05, 0.1) is 12.6 Å². The highest BCUT2D eigenvalue weighted by atomic mass is 16.5. The van der Waals surface area contributed by atoms with Gasteiger partial charge in [0, 0.05) is 23.1 Å². The van der Waals surface area contributed by atoms with Gasteiger partial charge in [0.25, 0.3) is 0 Å². The summed E-state index contributed by atoms with van der Waals surface area (Å²) in [5.74, 6) is 8.34. The lowest BCUT2D eigenvalue weighted by Gasteiger charge is -2.09. The number of methoxy groups -OCH3 is 1. The van der Waals surface area contributed by atoms with Crippen LogP contribution < -0.4 is 9.47 Å². The lowest BCUT2D eigenvalue weighted by molar-refractivity contribution is 0.296. The lowest BCUT2D eigenvalue weighted by Crippen LogP contribution is -2.05. The summed E-state index contributed by atoms with van der Waals surface area (Å²) >= 11 is 0. The zero-order valence-corrected chi connectivity index (χ0v) is 18.8. The van der Waals surface area contributed by atoms with Crippen LogP contribution in [0.1, 0.15) is 46.1 Å². The van der Waals surface area contributed by atoms with Crippen LogP contribution in [0.3, 0.4) is 0 Å². The molecule has 3 heterocycles. The number of rotatable bonds is 4. The van der Waals surface area contributed by atoms with Crippen molar-refractivity contribution in [3.05, 3.63) is 54.1 Å². The summed E-state index contributed by atoms with van der Waals surface area (Å²) in [7, 11) is 1.63. The molecule has 0 aliphatic carbocycles. The molecule has 0 atom stereocenters. The Morgan fingerprint density at radius 2 is 1.84 bits per heavy atom. The minimum atomic E-state index is -0.0964. The molecule has 0 bridgehead atoms. The third-order valence-electron chi connectivity index (χ3n) is 4.16. The van der Waals surface area contributed by atoms with Gasteiger partial charge in [0.15, 0.2) is 11.5 Å². The highest BCUT2D eigenvalue weighted by Crippen LogP contribution is 2.27. The molecule has 4 aromatic rings. The van der Waals surface area contributed by atoms with Crippen LogP contribution in [0.15, 0.2) is 42.6 Å². The molecule has 0 N–H and O–H groups in total. The number of hydrogen-bond acceptors (Lipinski definition) is 6. The first-order valence-corrected chi connectivity index (χ1v) is 10.2. The predicted molar refractivity (Wildman–Crippen MR) is 121 cm³/mol. The molecule has 0 saturated heterocycles. The van der Waals surface area contributed by atoms with Crippen LogP contribution in [0.4, 0.5) is 0 Å². The maximum absolute atomic E-state index is 6.02. The second kappa shape index (κ2) is 9.43. The Labute approximate surface area is 182 Å². The second-order valence-electron chi connectivity index (χ2n) is 7.59. The van der Waals surface area contributed by atoms with E-state index in [0.29, 0.717) is 22.9 Å². The van der Waals surface area contributed by atoms with Crippen molar-refractivity contribution in [3.8, 4) is 23.3 Å². The summed E-state index contributed by atoms with van der Waals surface area (Å²) in [6, 6.07) is 11.2. The summed E-state index contributed by atoms with van der Waals surface area (Å²) in [4.78, 5) is 4.38. The predicted octanol–water partition coefficient (Wildman–Crippen LogP) is 4.68. The Morgan fingerprint density at radius 1 is 1.03 bits per heavy atom. The number of nitrogens with zero attached hydrogens (tertiary/aromatic N) is 5. The first-order chi connectivity index (χ1) is 14.9. The van der Waals surface area contributed by atoms with E-state index < -0.39 is 0 Å². The number of fused-ring (bicyclic) bond motifs is 2. The van der Waals surface area contributed by atoms with Gasteiger partial charge in [-0.1, -0.05) is 19.8 Å². The normalized spacial score (nSPS) is 10.8. The van der Waals surface area contributed by atoms with Crippen LogP contribution in [-0.2, 0) is 6.61 Å². The van der Waals surface area contributed by atoms with Crippen LogP contribution in [0.2, 0.25) is 0 Å². The molecule has 0 aliphatic rings. The molecule has 160 valence electrons. The Kier molecular flexibility index (Phi) is 6.71. The smallest absolute Gasteiger partial charge is 0.192 e. The zero-order chi connectivity index (χ0) is 22.4. The lowest BCUT2D eigenvalue weighted by atomic mass is 9.98. The molecule has 0 unspecified atom stereocenters. The minimum absolute atomic E-state index is 0.0964. The van der Waals surface area contributed by atoms with Gasteiger partial charge in [-0.15, -0.1) is 10.2 Å². The molecular formula is C24H27N5O2. The molecule has 7 nitrogen and oxygen atoms in total. The number of aromatic nitrogens is 5. The van der Waals surface area contributed by atoms with Crippen molar-refractivity contribution in [1.82, 2.24) is 24.8 Å². The Morgan fingerprint density at radius 3 is 2.58 bits per heavy atom. The molecular weight excluding hydrogens is 390 g/mol. The fraction of sp³-hybridized carbons (Fsp3) is 0.333. The number of hydrogen-bond donors (Lipinski definition) is 0. The van der Waals surface area contributed by atoms with Crippen LogP contribution in [0, 0.1) is 17.3 Å². The van der Waals surface area contributed by atoms with Gasteiger partial charge in [-0.2, -0.15) is 9.61 Å². The maximum atomic E-state index is 6.02. The van der Waals surface area contributed by atoms with Gasteiger partial charge in [0.2, 0.25) is 0 Å². The van der Waals surface area contributed by atoms with E-state index in [1.807, 2.05) is 50.2 Å². The fourth-order valence-electron chi connectivity index (χ4n) is 2.74. The summed E-state index contributed by atoms with van der Waals surface area (Å²) in [6.07, 6.45) is 1.71. The van der Waals surface area contributed by atoms with Gasteiger partial charge in [-0.3, -0.25) is 4.98 Å². The van der Waals surface area contributed by atoms with Crippen LogP contribution in [0.5, 0.6) is 11.5 Å². The number of pyridine rings is 1. The molecule has 0 fully saturated rings. The van der Waals surface area contributed by atoms with E-state index in [0.717, 1.165) is 16.7 Å². The summed E-state index contributed by atoms with van der Waals surface area (Å²) < 4.78 is 12.9. The monoisotopic (exact) mass is 417 g/mol. The van der Waals surface area contributed by atoms with Gasteiger partial charge in [0.1, 0.15) is 23.8 Å². The number of ether oxygens (including phenoxy) is 2. The largest absolute Gasteiger partial charge is 0.497 e. The van der Waals surface area contributed by atoms with Gasteiger partial charge >= 0.3 is 0 Å². The van der Waals surface area contributed by atoms with Crippen molar-refractivity contribution < 1.29 is 9.47 Å². The van der Waals surface area contributed by atoms with Crippen LogP contribution >= 0.6 is 0 Å². The van der Waals surface area contributed by atoms with E-state index >= 15 is 0 Å². The Bertz CT molecular complexity index is 1250. The fourth-order valence-corrected chi connectivity index (χ4v) is 2.74. The zero-order valence-electron chi connectivity index (χ0n) is 18.8. The summed E-state index contributed by atoms with van der Waals surface area (Å²) in [5.41, 5.74) is 2.01. The third kappa shape index (κ3) is 5.28. The van der Waals surface area contributed by atoms with E-state index in [1.165, 1.54) is 0 Å². The van der Waals surface area contributed by atoms with Crippen molar-refractivity contribution in [1.29, 1.82) is 0 Å². The molecule has 0 radical (unpaired) electrons. The quantitative estimate of drug-likeness (QED) is 0.449. The van der Waals surface area contributed by atoms with Crippen molar-refractivity contribution in [2.75, 3.05) is 7.11 Å². The number of benzene rings is 1. The van der Waals surface area contributed by atoms with Crippen LogP contribution in [-0.4, -0.2) is 31.9 Å². The van der Waals surface area contributed by atoms with E-state index in [9.17, 15) is 0 Å². The molecule has 0 amide bonds. The second-order valence-corrected chi connectivity index (χ2v) is 7.59. The van der Waals surface area contributed by atoms with Gasteiger partial charge in [-0.25, -0.2) is 0 Å². The summed E-state index contributed by atoms with van der Waals surface area (Å²) in [6.45, 7) is 10.4. The molecule has 0 spiro atoms. The van der Waals surface area contributed by atoms with E-state index in [1.54, 1.807) is 17.8 Å². The average molecular weight is 418 g/mol. The summed E-state index contributed by atoms with van der Waals surface area (Å²) in [5, 5.41) is 13.8. The Hall–Kier alpha value is -3.66. The van der Waals surface area contributed by atoms with Crippen molar-refractivity contribution in [2.24, 2.45) is 5.41 Å². The molecule has 4 rings (SSSR count). The van der Waals surface area contributed by atoms with Crippen molar-refractivity contribution >= 4 is 16.6 Å². The highest BCUT2D eigenvalue weighted by Gasteiger charge is 2.11. The van der Waals surface area contributed by atoms with Crippen molar-refractivity contribution in [2.45, 2.75) is 41.2 Å². The third-order valence-corrected chi connectivity index (χ3v) is 4.16. The molecule has 0 aliphatic heterocycles. The maximum Gasteiger partial charge on any atom is 0.192 e. The minimum Gasteiger partial charge on any atom is -0.497 e. The standard InChI is InChI=1S/C22H21N5O2.C2H6/c1-22(2,3)11-9-15-5-8-20-24-25-21(27(20)26-15)14-29-19-10-12-23-18-13-16(28-4)6-7-17(18)19;1-2/h5-8,10,12-13H,14H2,1-4H3;1-2H3. The topological polar surface area (TPSA) is 74.4 Å². The van der Waals surface area contributed by atoms with Gasteiger partial charge < -0.3 is 9.47 Å². The SMILES string of the molecule is CC.COc1ccc2c(OCc3nnc4ccc(C#CC(C)(C)C)nn34)ccnc2c1. The molecule has 0 saturated carbocycles. The van der Waals surface area contributed by atoms with E-state index in [2.05, 4.69) is 52.9 Å². The molecule has 3 aromatic heterocycles.